The van der Waals surface area contributed by atoms with Gasteiger partial charge >= 0.3 is 5.97 Å². The summed E-state index contributed by atoms with van der Waals surface area (Å²) in [4.78, 5) is 31.3. The van der Waals surface area contributed by atoms with E-state index in [-0.39, 0.29) is 11.9 Å². The molecule has 1 heterocycles. The number of esters is 1. The lowest BCUT2D eigenvalue weighted by Gasteiger charge is -2.12. The Kier molecular flexibility index (Phi) is 8.48. The number of nitrogens with one attached hydrogen (secondary N) is 1. The molecule has 0 saturated heterocycles. The molecule has 6 nitrogen and oxygen atoms in total. The zero-order valence-corrected chi connectivity index (χ0v) is 22.6. The van der Waals surface area contributed by atoms with Crippen LogP contribution in [0.1, 0.15) is 62.0 Å². The smallest absolute Gasteiger partial charge is 0.338 e. The lowest BCUT2D eigenvalue weighted by molar-refractivity contribution is 0.0526. The van der Waals surface area contributed by atoms with Gasteiger partial charge in [0.1, 0.15) is 17.4 Å². The fourth-order valence-corrected chi connectivity index (χ4v) is 5.78. The zero-order valence-electron chi connectivity index (χ0n) is 21.8. The maximum absolute atomic E-state index is 13.4. The van der Waals surface area contributed by atoms with Crippen molar-refractivity contribution in [2.75, 3.05) is 11.9 Å². The summed E-state index contributed by atoms with van der Waals surface area (Å²) in [6.07, 6.45) is 5.86. The molecule has 39 heavy (non-hydrogen) atoms. The number of rotatable bonds is 9. The first kappa shape index (κ1) is 26.4. The lowest BCUT2D eigenvalue weighted by atomic mass is 9.95. The minimum absolute atomic E-state index is 0.122. The van der Waals surface area contributed by atoms with Gasteiger partial charge in [-0.05, 0) is 80.1 Å². The summed E-state index contributed by atoms with van der Waals surface area (Å²) in [7, 11) is 0. The fourth-order valence-electron chi connectivity index (χ4n) is 4.55. The van der Waals surface area contributed by atoms with Gasteiger partial charge in [-0.25, -0.2) is 9.79 Å². The summed E-state index contributed by atoms with van der Waals surface area (Å²) in [5.74, 6) is 0.231. The van der Waals surface area contributed by atoms with E-state index in [9.17, 15) is 9.59 Å². The molecule has 0 radical (unpaired) electrons. The standard InChI is InChI=1S/C32H30N2O4S/c1-2-37-32(36)23-18-16-22(17-19-23)21-38-27-14-8-6-10-24(27)20-33-31-29(26-13-7-9-15-28(26)39-31)30(35)34-25-11-4-3-5-12-25/h3-6,8,10-12,14,16-20H,2,7,9,13,15,21H2,1H3,(H,34,35). The highest BCUT2D eigenvalue weighted by molar-refractivity contribution is 7.16. The quantitative estimate of drug-likeness (QED) is 0.178. The number of ether oxygens (including phenoxy) is 2. The molecule has 1 N–H and O–H groups in total. The molecule has 5 rings (SSSR count). The summed E-state index contributed by atoms with van der Waals surface area (Å²) in [5.41, 5.74) is 4.83. The Hall–Kier alpha value is -4.23. The number of hydrogen-bond acceptors (Lipinski definition) is 6. The number of thiophene rings is 1. The first-order valence-corrected chi connectivity index (χ1v) is 14.0. The predicted octanol–water partition coefficient (Wildman–Crippen LogP) is 7.39. The number of benzene rings is 3. The number of anilines is 1. The van der Waals surface area contributed by atoms with Crippen molar-refractivity contribution >= 4 is 40.1 Å². The molecular formula is C32H30N2O4S. The summed E-state index contributed by atoms with van der Waals surface area (Å²) >= 11 is 1.61. The van der Waals surface area contributed by atoms with Crippen LogP contribution in [0.15, 0.2) is 83.9 Å². The van der Waals surface area contributed by atoms with Crippen molar-refractivity contribution in [2.45, 2.75) is 39.2 Å². The number of carbonyl (C=O) groups is 2. The largest absolute Gasteiger partial charge is 0.488 e. The SMILES string of the molecule is CCOC(=O)c1ccc(COc2ccccc2C=Nc2sc3c(c2C(=O)Nc2ccccc2)CCCC3)cc1. The third-order valence-corrected chi connectivity index (χ3v) is 7.71. The predicted molar refractivity (Wildman–Crippen MR) is 156 cm³/mol. The number of para-hydroxylation sites is 2. The molecule has 7 heteroatoms. The highest BCUT2D eigenvalue weighted by atomic mass is 32.1. The Morgan fingerprint density at radius 3 is 2.49 bits per heavy atom. The van der Waals surface area contributed by atoms with Gasteiger partial charge in [0.15, 0.2) is 0 Å². The highest BCUT2D eigenvalue weighted by Gasteiger charge is 2.25. The van der Waals surface area contributed by atoms with E-state index in [4.69, 9.17) is 14.5 Å². The van der Waals surface area contributed by atoms with Gasteiger partial charge in [-0.3, -0.25) is 4.79 Å². The molecule has 0 fully saturated rings. The first-order chi connectivity index (χ1) is 19.1. The minimum atomic E-state index is -0.335. The van der Waals surface area contributed by atoms with Crippen LogP contribution in [0.4, 0.5) is 10.7 Å². The molecule has 1 amide bonds. The van der Waals surface area contributed by atoms with Crippen LogP contribution >= 0.6 is 11.3 Å². The molecule has 3 aromatic carbocycles. The molecule has 0 unspecified atom stereocenters. The third-order valence-electron chi connectivity index (χ3n) is 6.51. The van der Waals surface area contributed by atoms with Crippen molar-refractivity contribution in [3.05, 3.63) is 112 Å². The number of amides is 1. The molecule has 0 saturated carbocycles. The van der Waals surface area contributed by atoms with E-state index >= 15 is 0 Å². The summed E-state index contributed by atoms with van der Waals surface area (Å²) in [6, 6.07) is 24.4. The molecule has 4 aromatic rings. The van der Waals surface area contributed by atoms with Gasteiger partial charge < -0.3 is 14.8 Å². The molecule has 1 aromatic heterocycles. The average Bonchev–Trinajstić information content (AvgIpc) is 3.35. The molecule has 0 bridgehead atoms. The minimum Gasteiger partial charge on any atom is -0.488 e. The molecule has 0 aliphatic heterocycles. The Morgan fingerprint density at radius 1 is 0.949 bits per heavy atom. The van der Waals surface area contributed by atoms with Crippen molar-refractivity contribution in [2.24, 2.45) is 4.99 Å². The Labute approximate surface area is 232 Å². The monoisotopic (exact) mass is 538 g/mol. The van der Waals surface area contributed by atoms with Crippen LogP contribution in [0.5, 0.6) is 5.75 Å². The zero-order chi connectivity index (χ0) is 27.0. The molecule has 198 valence electrons. The van der Waals surface area contributed by atoms with Crippen LogP contribution in [0.25, 0.3) is 0 Å². The number of fused-ring (bicyclic) bond motifs is 1. The maximum atomic E-state index is 13.4. The van der Waals surface area contributed by atoms with Crippen molar-refractivity contribution in [1.82, 2.24) is 0 Å². The molecular weight excluding hydrogens is 508 g/mol. The number of aryl methyl sites for hydroxylation is 1. The molecule has 1 aliphatic rings. The summed E-state index contributed by atoms with van der Waals surface area (Å²) < 4.78 is 11.2. The topological polar surface area (TPSA) is 77.0 Å². The van der Waals surface area contributed by atoms with Gasteiger partial charge in [0.2, 0.25) is 0 Å². The van der Waals surface area contributed by atoms with E-state index in [0.29, 0.717) is 30.1 Å². The maximum Gasteiger partial charge on any atom is 0.338 e. The highest BCUT2D eigenvalue weighted by Crippen LogP contribution is 2.40. The second-order valence-corrected chi connectivity index (χ2v) is 10.3. The van der Waals surface area contributed by atoms with E-state index < -0.39 is 0 Å². The summed E-state index contributed by atoms with van der Waals surface area (Å²) in [6.45, 7) is 2.47. The lowest BCUT2D eigenvalue weighted by Crippen LogP contribution is -2.14. The number of hydrogen-bond donors (Lipinski definition) is 1. The van der Waals surface area contributed by atoms with E-state index in [2.05, 4.69) is 5.32 Å². The normalized spacial score (nSPS) is 12.6. The number of aliphatic imine (C=N–C) groups is 1. The van der Waals surface area contributed by atoms with Crippen LogP contribution in [0.3, 0.4) is 0 Å². The molecule has 0 atom stereocenters. The van der Waals surface area contributed by atoms with Gasteiger partial charge in [-0.2, -0.15) is 0 Å². The van der Waals surface area contributed by atoms with E-state index in [1.165, 1.54) is 4.88 Å². The van der Waals surface area contributed by atoms with Gasteiger partial charge in [-0.15, -0.1) is 11.3 Å². The van der Waals surface area contributed by atoms with E-state index in [1.54, 1.807) is 36.6 Å². The number of nitrogens with zero attached hydrogens (tertiary/aromatic N) is 1. The average molecular weight is 539 g/mol. The first-order valence-electron chi connectivity index (χ1n) is 13.1. The Balaban J connectivity index is 1.34. The summed E-state index contributed by atoms with van der Waals surface area (Å²) in [5, 5.41) is 3.76. The number of carbonyl (C=O) groups excluding carboxylic acids is 2. The van der Waals surface area contributed by atoms with Gasteiger partial charge in [-0.1, -0.05) is 42.5 Å². The second kappa shape index (κ2) is 12.5. The van der Waals surface area contributed by atoms with Crippen molar-refractivity contribution in [3.63, 3.8) is 0 Å². The fraction of sp³-hybridized carbons (Fsp3) is 0.219. The molecule has 1 aliphatic carbocycles. The van der Waals surface area contributed by atoms with Crippen molar-refractivity contribution in [3.8, 4) is 5.75 Å². The van der Waals surface area contributed by atoms with Gasteiger partial charge in [0.25, 0.3) is 5.91 Å². The van der Waals surface area contributed by atoms with Crippen LogP contribution in [0.2, 0.25) is 0 Å². The van der Waals surface area contributed by atoms with Crippen LogP contribution in [-0.2, 0) is 24.2 Å². The van der Waals surface area contributed by atoms with E-state index in [1.807, 2.05) is 66.7 Å². The molecule has 0 spiro atoms. The van der Waals surface area contributed by atoms with Crippen LogP contribution in [0, 0.1) is 0 Å². The Bertz CT molecular complexity index is 1480. The third kappa shape index (κ3) is 6.44. The van der Waals surface area contributed by atoms with E-state index in [0.717, 1.165) is 53.1 Å². The van der Waals surface area contributed by atoms with Crippen molar-refractivity contribution < 1.29 is 19.1 Å². The van der Waals surface area contributed by atoms with Crippen molar-refractivity contribution in [1.29, 1.82) is 0 Å². The van der Waals surface area contributed by atoms with Gasteiger partial charge in [0.05, 0.1) is 17.7 Å². The van der Waals surface area contributed by atoms with Gasteiger partial charge in [0, 0.05) is 22.3 Å². The van der Waals surface area contributed by atoms with Crippen LogP contribution in [-0.4, -0.2) is 24.7 Å². The second-order valence-electron chi connectivity index (χ2n) is 9.21. The Morgan fingerprint density at radius 2 is 1.69 bits per heavy atom. The van der Waals surface area contributed by atoms with Crippen LogP contribution < -0.4 is 10.1 Å².